The molecule has 1 heterocycles. The number of hydrogen-bond acceptors (Lipinski definition) is 8. The smallest absolute Gasteiger partial charge is 0.326 e. The summed E-state index contributed by atoms with van der Waals surface area (Å²) < 4.78 is 5.48. The van der Waals surface area contributed by atoms with E-state index in [2.05, 4.69) is 16.0 Å². The van der Waals surface area contributed by atoms with Crippen LogP contribution in [0.15, 0.2) is 0 Å². The van der Waals surface area contributed by atoms with Crippen molar-refractivity contribution in [3.63, 3.8) is 0 Å². The van der Waals surface area contributed by atoms with Crippen molar-refractivity contribution in [2.24, 2.45) is 5.73 Å². The average Bonchev–Trinajstić information content (AvgIpc) is 2.78. The van der Waals surface area contributed by atoms with Gasteiger partial charge in [0.15, 0.2) is 0 Å². The number of amides is 4. The number of primary amides is 1. The fourth-order valence-electron chi connectivity index (χ4n) is 3.78. The van der Waals surface area contributed by atoms with Gasteiger partial charge in [-0.2, -0.15) is 0 Å². The molecule has 4 amide bonds. The number of aliphatic hydroxyl groups excluding tert-OH is 1. The predicted molar refractivity (Wildman–Crippen MR) is 120 cm³/mol. The molecule has 0 saturated carbocycles. The van der Waals surface area contributed by atoms with Crippen molar-refractivity contribution in [3.8, 4) is 0 Å². The highest BCUT2D eigenvalue weighted by Crippen LogP contribution is 2.24. The summed E-state index contributed by atoms with van der Waals surface area (Å²) in [5.74, 6) is -3.71. The predicted octanol–water partition coefficient (Wildman–Crippen LogP) is -2.31. The van der Waals surface area contributed by atoms with Gasteiger partial charge in [-0.3, -0.25) is 19.2 Å². The number of nitrogens with zero attached hydrogens (tertiary/aromatic N) is 1. The molecule has 6 atom stereocenters. The van der Waals surface area contributed by atoms with Crippen molar-refractivity contribution >= 4 is 29.6 Å². The Kier molecular flexibility index (Phi) is 11.9. The van der Waals surface area contributed by atoms with Gasteiger partial charge < -0.3 is 41.5 Å². The molecule has 194 valence electrons. The molecule has 7 N–H and O–H groups in total. The lowest BCUT2D eigenvalue weighted by molar-refractivity contribution is -0.149. The van der Waals surface area contributed by atoms with Gasteiger partial charge in [-0.05, 0) is 40.2 Å². The zero-order valence-corrected chi connectivity index (χ0v) is 20.1. The maximum Gasteiger partial charge on any atom is 0.326 e. The first-order chi connectivity index (χ1) is 15.9. The molecule has 0 aromatic rings. The molecular weight excluding hydrogens is 450 g/mol. The molecular formula is C21H37N5O8. The van der Waals surface area contributed by atoms with E-state index in [1.54, 1.807) is 14.0 Å². The van der Waals surface area contributed by atoms with Gasteiger partial charge in [0.2, 0.25) is 23.6 Å². The lowest BCUT2D eigenvalue weighted by atomic mass is 9.93. The highest BCUT2D eigenvalue weighted by Gasteiger charge is 2.40. The number of carboxylic acids is 1. The first kappa shape index (κ1) is 29.3. The minimum atomic E-state index is -1.32. The second kappa shape index (κ2) is 13.8. The van der Waals surface area contributed by atoms with Crippen molar-refractivity contribution in [1.82, 2.24) is 20.9 Å². The number of nitrogens with two attached hydrogens (primary N) is 1. The van der Waals surface area contributed by atoms with E-state index in [1.807, 2.05) is 0 Å². The van der Waals surface area contributed by atoms with Crippen LogP contribution in [0.5, 0.6) is 0 Å². The number of likely N-dealkylation sites (N-methyl/N-ethyl adjacent to an activating group) is 1. The van der Waals surface area contributed by atoms with E-state index in [4.69, 9.17) is 10.5 Å². The molecule has 0 unspecified atom stereocenters. The van der Waals surface area contributed by atoms with E-state index in [0.29, 0.717) is 12.8 Å². The van der Waals surface area contributed by atoms with E-state index in [-0.39, 0.29) is 25.8 Å². The zero-order valence-electron chi connectivity index (χ0n) is 20.1. The Hall–Kier alpha value is -2.77. The van der Waals surface area contributed by atoms with Gasteiger partial charge in [-0.15, -0.1) is 0 Å². The van der Waals surface area contributed by atoms with Crippen LogP contribution in [0.2, 0.25) is 0 Å². The zero-order chi connectivity index (χ0) is 26.0. The van der Waals surface area contributed by atoms with E-state index >= 15 is 0 Å². The third kappa shape index (κ3) is 8.54. The molecule has 1 fully saturated rings. The van der Waals surface area contributed by atoms with E-state index < -0.39 is 66.0 Å². The molecule has 34 heavy (non-hydrogen) atoms. The summed E-state index contributed by atoms with van der Waals surface area (Å²) in [4.78, 5) is 62.2. The normalized spacial score (nSPS) is 21.6. The molecule has 0 aromatic carbocycles. The molecule has 1 saturated heterocycles. The van der Waals surface area contributed by atoms with Gasteiger partial charge in [-0.1, -0.05) is 0 Å². The number of carbonyl (C=O) groups excluding carboxylic acids is 4. The van der Waals surface area contributed by atoms with Crippen LogP contribution in [0.25, 0.3) is 0 Å². The number of aliphatic hydroxyl groups is 1. The number of ether oxygens (including phenoxy) is 1. The standard InChI is InChI=1S/C21H37N5O8/c1-11(23-3)19(30)25-18(12(2)27)20(31)26-9-5-6-15(34-4)14(26)10-17(29)24-13(21(32)33)7-8-16(22)28/h11-15,18,23,27H,5-10H2,1-4H3,(H2,22,28)(H,24,29)(H,25,30)(H,32,33)/t11-,12+,13+,14+,15+,18+/m1/s1. The minimum absolute atomic E-state index is 0.169. The van der Waals surface area contributed by atoms with E-state index in [0.717, 1.165) is 0 Å². The third-order valence-corrected chi connectivity index (χ3v) is 5.88. The van der Waals surface area contributed by atoms with Crippen molar-refractivity contribution in [3.05, 3.63) is 0 Å². The quantitative estimate of drug-likeness (QED) is 0.165. The summed E-state index contributed by atoms with van der Waals surface area (Å²) in [7, 11) is 3.03. The SMILES string of the molecule is CN[C@H](C)C(=O)N[C@H](C(=O)N1CCC[C@H](OC)[C@@H]1CC(=O)N[C@@H](CCC(N)=O)C(=O)O)[C@H](C)O. The summed E-state index contributed by atoms with van der Waals surface area (Å²) in [6.07, 6.45) is -1.24. The number of hydrogen-bond donors (Lipinski definition) is 6. The monoisotopic (exact) mass is 487 g/mol. The van der Waals surface area contributed by atoms with Crippen LogP contribution in [-0.2, 0) is 28.7 Å². The van der Waals surface area contributed by atoms with E-state index in [9.17, 15) is 34.2 Å². The van der Waals surface area contributed by atoms with Gasteiger partial charge in [-0.25, -0.2) is 4.79 Å². The van der Waals surface area contributed by atoms with Gasteiger partial charge in [0.1, 0.15) is 12.1 Å². The number of rotatable bonds is 13. The van der Waals surface area contributed by atoms with Crippen molar-refractivity contribution in [2.45, 2.75) is 82.3 Å². The summed E-state index contributed by atoms with van der Waals surface area (Å²) in [6, 6.07) is -3.91. The van der Waals surface area contributed by atoms with Gasteiger partial charge in [0.05, 0.1) is 24.3 Å². The molecule has 0 aliphatic carbocycles. The number of carboxylic acid groups (broad SMARTS) is 1. The fraction of sp³-hybridized carbons (Fsp3) is 0.762. The Labute approximate surface area is 198 Å². The molecule has 1 rings (SSSR count). The first-order valence-corrected chi connectivity index (χ1v) is 11.2. The van der Waals surface area contributed by atoms with Crippen LogP contribution in [0.3, 0.4) is 0 Å². The van der Waals surface area contributed by atoms with Crippen LogP contribution < -0.4 is 21.7 Å². The number of aliphatic carboxylic acids is 1. The number of carbonyl (C=O) groups is 5. The number of likely N-dealkylation sites (tertiary alicyclic amines) is 1. The Morgan fingerprint density at radius 1 is 1.18 bits per heavy atom. The summed E-state index contributed by atoms with van der Waals surface area (Å²) in [6.45, 7) is 3.24. The molecule has 13 heteroatoms. The summed E-state index contributed by atoms with van der Waals surface area (Å²) >= 11 is 0. The molecule has 0 spiro atoms. The highest BCUT2D eigenvalue weighted by atomic mass is 16.5. The van der Waals surface area contributed by atoms with Crippen LogP contribution in [0.1, 0.15) is 46.0 Å². The molecule has 0 bridgehead atoms. The fourth-order valence-corrected chi connectivity index (χ4v) is 3.78. The van der Waals surface area contributed by atoms with Crippen molar-refractivity contribution < 1.29 is 38.9 Å². The van der Waals surface area contributed by atoms with Crippen molar-refractivity contribution in [1.29, 1.82) is 0 Å². The first-order valence-electron chi connectivity index (χ1n) is 11.2. The Morgan fingerprint density at radius 2 is 1.82 bits per heavy atom. The third-order valence-electron chi connectivity index (χ3n) is 5.88. The van der Waals surface area contributed by atoms with Crippen molar-refractivity contribution in [2.75, 3.05) is 20.7 Å². The molecule has 1 aliphatic heterocycles. The maximum absolute atomic E-state index is 13.3. The van der Waals surface area contributed by atoms with Gasteiger partial charge in [0.25, 0.3) is 0 Å². The van der Waals surface area contributed by atoms with Crippen LogP contribution in [0, 0.1) is 0 Å². The molecule has 13 nitrogen and oxygen atoms in total. The average molecular weight is 488 g/mol. The Bertz CT molecular complexity index is 747. The highest BCUT2D eigenvalue weighted by molar-refractivity contribution is 5.91. The number of nitrogens with one attached hydrogen (secondary N) is 3. The number of piperidine rings is 1. The lowest BCUT2D eigenvalue weighted by Gasteiger charge is -2.42. The number of methoxy groups -OCH3 is 1. The van der Waals surface area contributed by atoms with Gasteiger partial charge in [0, 0.05) is 26.5 Å². The molecule has 1 aliphatic rings. The largest absolute Gasteiger partial charge is 0.480 e. The Balaban J connectivity index is 3.04. The van der Waals surface area contributed by atoms with Crippen LogP contribution >= 0.6 is 0 Å². The molecule has 0 radical (unpaired) electrons. The van der Waals surface area contributed by atoms with Gasteiger partial charge >= 0.3 is 5.97 Å². The Morgan fingerprint density at radius 3 is 2.32 bits per heavy atom. The minimum Gasteiger partial charge on any atom is -0.480 e. The topological polar surface area (TPSA) is 200 Å². The lowest BCUT2D eigenvalue weighted by Crippen LogP contribution is -2.62. The molecule has 0 aromatic heterocycles. The van der Waals surface area contributed by atoms with Crippen LogP contribution in [-0.4, -0.2) is 102 Å². The summed E-state index contributed by atoms with van der Waals surface area (Å²) in [5, 5.41) is 27.2. The second-order valence-corrected chi connectivity index (χ2v) is 8.42. The summed E-state index contributed by atoms with van der Waals surface area (Å²) in [5.41, 5.74) is 5.06. The second-order valence-electron chi connectivity index (χ2n) is 8.42. The van der Waals surface area contributed by atoms with Crippen LogP contribution in [0.4, 0.5) is 0 Å². The maximum atomic E-state index is 13.3. The van der Waals surface area contributed by atoms with E-state index in [1.165, 1.54) is 18.9 Å².